The van der Waals surface area contributed by atoms with Gasteiger partial charge >= 0.3 is 11.9 Å². The summed E-state index contributed by atoms with van der Waals surface area (Å²) >= 11 is 0. The smallest absolute Gasteiger partial charge is 0.326 e. The zero-order chi connectivity index (χ0) is 25.0. The molecule has 0 saturated carbocycles. The fraction of sp³-hybridized carbons (Fsp3) is 0.684. The highest BCUT2D eigenvalue weighted by atomic mass is 16.4. The summed E-state index contributed by atoms with van der Waals surface area (Å²) in [4.78, 5) is 71.3. The van der Waals surface area contributed by atoms with Gasteiger partial charge in [0.05, 0.1) is 18.9 Å². The number of carboxylic acid groups (broad SMARTS) is 2. The van der Waals surface area contributed by atoms with Crippen LogP contribution in [0, 0.1) is 0 Å². The summed E-state index contributed by atoms with van der Waals surface area (Å²) in [5.74, 6) is -6.31. The lowest BCUT2D eigenvalue weighted by atomic mass is 10.1. The summed E-state index contributed by atoms with van der Waals surface area (Å²) in [6, 6.07) is -4.87. The Bertz CT molecular complexity index is 740. The number of carbonyl (C=O) groups is 6. The minimum atomic E-state index is -1.70. The SMILES string of the molecule is NCCCCC(NC(=O)C1CCCN1)C(=O)NC(CC(=O)O)C(=O)NC(CC(N)=O)C(=O)O. The zero-order valence-electron chi connectivity index (χ0n) is 18.2. The molecule has 14 nitrogen and oxygen atoms in total. The van der Waals surface area contributed by atoms with Crippen LogP contribution < -0.4 is 32.7 Å². The molecule has 0 bridgehead atoms. The third-order valence-electron chi connectivity index (χ3n) is 4.99. The van der Waals surface area contributed by atoms with Crippen molar-refractivity contribution in [3.8, 4) is 0 Å². The van der Waals surface area contributed by atoms with Crippen LogP contribution in [0.3, 0.4) is 0 Å². The first kappa shape index (κ1) is 27.8. The van der Waals surface area contributed by atoms with Gasteiger partial charge in [0, 0.05) is 0 Å². The Kier molecular flexibility index (Phi) is 11.8. The number of hydrogen-bond acceptors (Lipinski definition) is 8. The number of amides is 4. The van der Waals surface area contributed by atoms with Crippen molar-refractivity contribution in [2.75, 3.05) is 13.1 Å². The van der Waals surface area contributed by atoms with Crippen molar-refractivity contribution in [3.05, 3.63) is 0 Å². The lowest BCUT2D eigenvalue weighted by Crippen LogP contribution is -2.57. The molecular formula is C19H32N6O8. The molecule has 1 rings (SSSR count). The minimum Gasteiger partial charge on any atom is -0.481 e. The van der Waals surface area contributed by atoms with Crippen molar-refractivity contribution in [2.45, 2.75) is 69.1 Å². The summed E-state index contributed by atoms with van der Waals surface area (Å²) in [5, 5.41) is 28.1. The van der Waals surface area contributed by atoms with E-state index in [9.17, 15) is 28.8 Å². The Labute approximate surface area is 190 Å². The van der Waals surface area contributed by atoms with E-state index in [1.165, 1.54) is 0 Å². The van der Waals surface area contributed by atoms with Gasteiger partial charge in [-0.3, -0.25) is 24.0 Å². The molecule has 4 atom stereocenters. The highest BCUT2D eigenvalue weighted by Crippen LogP contribution is 2.08. The number of hydrogen-bond donors (Lipinski definition) is 8. The lowest BCUT2D eigenvalue weighted by molar-refractivity contribution is -0.144. The van der Waals surface area contributed by atoms with E-state index in [0.717, 1.165) is 6.42 Å². The minimum absolute atomic E-state index is 0.197. The summed E-state index contributed by atoms with van der Waals surface area (Å²) in [6.45, 7) is 1.03. The number of nitrogens with two attached hydrogens (primary N) is 2. The Hall–Kier alpha value is -3.26. The molecule has 0 aromatic heterocycles. The van der Waals surface area contributed by atoms with E-state index >= 15 is 0 Å². The molecule has 0 aliphatic carbocycles. The highest BCUT2D eigenvalue weighted by molar-refractivity contribution is 5.96. The second-order valence-electron chi connectivity index (χ2n) is 7.72. The molecule has 1 saturated heterocycles. The first-order chi connectivity index (χ1) is 15.5. The van der Waals surface area contributed by atoms with Crippen molar-refractivity contribution in [1.82, 2.24) is 21.3 Å². The molecule has 1 heterocycles. The maximum absolute atomic E-state index is 12.8. The van der Waals surface area contributed by atoms with Crippen molar-refractivity contribution in [3.63, 3.8) is 0 Å². The van der Waals surface area contributed by atoms with Crippen LogP contribution in [-0.2, 0) is 28.8 Å². The first-order valence-electron chi connectivity index (χ1n) is 10.6. The van der Waals surface area contributed by atoms with Gasteiger partial charge in [-0.05, 0) is 45.2 Å². The molecule has 1 aliphatic rings. The zero-order valence-corrected chi connectivity index (χ0v) is 18.2. The van der Waals surface area contributed by atoms with Gasteiger partial charge in [0.1, 0.15) is 18.1 Å². The Morgan fingerprint density at radius 1 is 0.909 bits per heavy atom. The molecule has 0 aromatic rings. The predicted molar refractivity (Wildman–Crippen MR) is 113 cm³/mol. The number of aliphatic carboxylic acids is 2. The Balaban J connectivity index is 2.92. The first-order valence-corrected chi connectivity index (χ1v) is 10.6. The molecule has 186 valence electrons. The average Bonchev–Trinajstić information content (AvgIpc) is 3.26. The van der Waals surface area contributed by atoms with Crippen LogP contribution in [-0.4, -0.2) is 83.0 Å². The van der Waals surface area contributed by atoms with E-state index in [1.54, 1.807) is 0 Å². The number of nitrogens with one attached hydrogen (secondary N) is 4. The molecule has 33 heavy (non-hydrogen) atoms. The number of carbonyl (C=O) groups excluding carboxylic acids is 4. The van der Waals surface area contributed by atoms with Gasteiger partial charge in [-0.2, -0.15) is 0 Å². The van der Waals surface area contributed by atoms with E-state index < -0.39 is 72.6 Å². The quantitative estimate of drug-likeness (QED) is 0.111. The molecule has 1 aliphatic heterocycles. The average molecular weight is 472 g/mol. The fourth-order valence-corrected chi connectivity index (χ4v) is 3.27. The normalized spacial score (nSPS) is 17.9. The van der Waals surface area contributed by atoms with Crippen molar-refractivity contribution < 1.29 is 39.0 Å². The highest BCUT2D eigenvalue weighted by Gasteiger charge is 2.32. The summed E-state index contributed by atoms with van der Waals surface area (Å²) in [7, 11) is 0. The van der Waals surface area contributed by atoms with Crippen molar-refractivity contribution in [1.29, 1.82) is 0 Å². The van der Waals surface area contributed by atoms with E-state index in [-0.39, 0.29) is 6.42 Å². The summed E-state index contributed by atoms with van der Waals surface area (Å²) < 4.78 is 0. The topological polar surface area (TPSA) is 243 Å². The molecule has 4 unspecified atom stereocenters. The Morgan fingerprint density at radius 3 is 2.06 bits per heavy atom. The second-order valence-corrected chi connectivity index (χ2v) is 7.72. The molecule has 0 aromatic carbocycles. The number of carboxylic acids is 2. The standard InChI is InChI=1S/C19H32N6O8/c20-6-2-1-4-11(23-16(29)10-5-3-7-22-10)17(30)24-12(9-15(27)28)18(31)25-13(19(32)33)8-14(21)26/h10-13,22H,1-9,20H2,(H2,21,26)(H,23,29)(H,24,30)(H,25,31)(H,27,28)(H,32,33). The molecule has 4 amide bonds. The molecule has 0 spiro atoms. The van der Waals surface area contributed by atoms with Gasteiger partial charge in [-0.15, -0.1) is 0 Å². The molecule has 1 fully saturated rings. The van der Waals surface area contributed by atoms with Crippen LogP contribution in [0.25, 0.3) is 0 Å². The van der Waals surface area contributed by atoms with Crippen molar-refractivity contribution in [2.24, 2.45) is 11.5 Å². The third kappa shape index (κ3) is 10.3. The van der Waals surface area contributed by atoms with Gasteiger partial charge in [0.2, 0.25) is 23.6 Å². The largest absolute Gasteiger partial charge is 0.481 e. The lowest BCUT2D eigenvalue weighted by Gasteiger charge is -2.24. The molecular weight excluding hydrogens is 440 g/mol. The Morgan fingerprint density at radius 2 is 1.55 bits per heavy atom. The van der Waals surface area contributed by atoms with Gasteiger partial charge in [0.15, 0.2) is 0 Å². The van der Waals surface area contributed by atoms with E-state index in [0.29, 0.717) is 32.4 Å². The van der Waals surface area contributed by atoms with Gasteiger partial charge in [-0.25, -0.2) is 4.79 Å². The van der Waals surface area contributed by atoms with Crippen LogP contribution in [0.2, 0.25) is 0 Å². The van der Waals surface area contributed by atoms with Gasteiger partial charge in [0.25, 0.3) is 0 Å². The van der Waals surface area contributed by atoms with Crippen LogP contribution in [0.4, 0.5) is 0 Å². The van der Waals surface area contributed by atoms with Crippen LogP contribution in [0.1, 0.15) is 44.9 Å². The van der Waals surface area contributed by atoms with Gasteiger partial charge < -0.3 is 42.9 Å². The number of unbranched alkanes of at least 4 members (excludes halogenated alkanes) is 1. The fourth-order valence-electron chi connectivity index (χ4n) is 3.27. The molecule has 0 radical (unpaired) electrons. The predicted octanol–water partition coefficient (Wildman–Crippen LogP) is -3.24. The summed E-state index contributed by atoms with van der Waals surface area (Å²) in [6.07, 6.45) is 1.09. The van der Waals surface area contributed by atoms with E-state index in [4.69, 9.17) is 21.7 Å². The van der Waals surface area contributed by atoms with Crippen LogP contribution >= 0.6 is 0 Å². The van der Waals surface area contributed by atoms with Crippen molar-refractivity contribution >= 4 is 35.6 Å². The summed E-state index contributed by atoms with van der Waals surface area (Å²) in [5.41, 5.74) is 10.4. The third-order valence-corrected chi connectivity index (χ3v) is 4.99. The number of rotatable bonds is 15. The maximum atomic E-state index is 12.8. The second kappa shape index (κ2) is 14.0. The number of primary amides is 1. The van der Waals surface area contributed by atoms with E-state index in [1.807, 2.05) is 5.32 Å². The van der Waals surface area contributed by atoms with Crippen LogP contribution in [0.15, 0.2) is 0 Å². The molecule has 10 N–H and O–H groups in total. The van der Waals surface area contributed by atoms with Crippen LogP contribution in [0.5, 0.6) is 0 Å². The van der Waals surface area contributed by atoms with E-state index in [2.05, 4.69) is 16.0 Å². The maximum Gasteiger partial charge on any atom is 0.326 e. The monoisotopic (exact) mass is 472 g/mol. The molecule has 14 heteroatoms. The van der Waals surface area contributed by atoms with Gasteiger partial charge in [-0.1, -0.05) is 0 Å².